The van der Waals surface area contributed by atoms with Gasteiger partial charge in [0.05, 0.1) is 0 Å². The van der Waals surface area contributed by atoms with Gasteiger partial charge in [-0.2, -0.15) is 11.8 Å². The van der Waals surface area contributed by atoms with E-state index in [0.717, 1.165) is 18.1 Å². The van der Waals surface area contributed by atoms with E-state index >= 15 is 0 Å². The van der Waals surface area contributed by atoms with Crippen molar-refractivity contribution in [3.8, 4) is 0 Å². The molecular weight excluding hydrogens is 252 g/mol. The molecule has 2 atom stereocenters. The Labute approximate surface area is 112 Å². The van der Waals surface area contributed by atoms with Crippen LogP contribution in [0.1, 0.15) is 27.2 Å². The van der Waals surface area contributed by atoms with Crippen LogP contribution in [-0.4, -0.2) is 47.1 Å². The van der Waals surface area contributed by atoms with Crippen molar-refractivity contribution < 1.29 is 14.7 Å². The van der Waals surface area contributed by atoms with Crippen LogP contribution in [-0.2, 0) is 9.59 Å². The molecular formula is C12H22N2O3S. The van der Waals surface area contributed by atoms with E-state index in [9.17, 15) is 9.59 Å². The summed E-state index contributed by atoms with van der Waals surface area (Å²) < 4.78 is 0. The first-order valence-corrected chi connectivity index (χ1v) is 7.29. The number of thioether (sulfide) groups is 1. The van der Waals surface area contributed by atoms with Crippen LogP contribution in [0.25, 0.3) is 0 Å². The Kier molecular flexibility index (Phi) is 5.47. The van der Waals surface area contributed by atoms with E-state index in [-0.39, 0.29) is 11.9 Å². The second kappa shape index (κ2) is 6.43. The topological polar surface area (TPSA) is 78.4 Å². The molecule has 0 aromatic rings. The van der Waals surface area contributed by atoms with E-state index in [1.807, 2.05) is 11.8 Å². The molecule has 0 aliphatic carbocycles. The van der Waals surface area contributed by atoms with Gasteiger partial charge in [0.1, 0.15) is 6.04 Å². The summed E-state index contributed by atoms with van der Waals surface area (Å²) in [6.07, 6.45) is 0.340. The van der Waals surface area contributed by atoms with Crippen LogP contribution in [0.5, 0.6) is 0 Å². The SMILES string of the molecule is CC(C)(C)[C@@H](NC(=O)CC1CSCCN1)C(=O)O. The molecule has 0 aromatic heterocycles. The van der Waals surface area contributed by atoms with Crippen LogP contribution in [0.2, 0.25) is 0 Å². The number of carboxylic acids is 1. The van der Waals surface area contributed by atoms with Gasteiger partial charge in [0.25, 0.3) is 0 Å². The molecule has 1 aliphatic heterocycles. The Hall–Kier alpha value is -0.750. The normalized spacial score (nSPS) is 22.3. The number of nitrogens with one attached hydrogen (secondary N) is 2. The summed E-state index contributed by atoms with van der Waals surface area (Å²) in [5.74, 6) is 0.789. The molecule has 1 heterocycles. The van der Waals surface area contributed by atoms with Crippen LogP contribution in [0.4, 0.5) is 0 Å². The molecule has 1 saturated heterocycles. The van der Waals surface area contributed by atoms with Crippen molar-refractivity contribution in [3.63, 3.8) is 0 Å². The monoisotopic (exact) mass is 274 g/mol. The summed E-state index contributed by atoms with van der Waals surface area (Å²) in [4.78, 5) is 23.0. The maximum atomic E-state index is 11.8. The minimum Gasteiger partial charge on any atom is -0.480 e. The molecule has 0 bridgehead atoms. The highest BCUT2D eigenvalue weighted by molar-refractivity contribution is 7.99. The van der Waals surface area contributed by atoms with Crippen molar-refractivity contribution in [2.75, 3.05) is 18.1 Å². The molecule has 1 fully saturated rings. The second-order valence-electron chi connectivity index (χ2n) is 5.63. The van der Waals surface area contributed by atoms with E-state index in [4.69, 9.17) is 5.11 Å². The molecule has 18 heavy (non-hydrogen) atoms. The van der Waals surface area contributed by atoms with Crippen molar-refractivity contribution in [2.24, 2.45) is 5.41 Å². The number of rotatable bonds is 4. The predicted octanol–water partition coefficient (Wildman–Crippen LogP) is 0.697. The molecule has 1 unspecified atom stereocenters. The quantitative estimate of drug-likeness (QED) is 0.703. The number of aliphatic carboxylic acids is 1. The van der Waals surface area contributed by atoms with Gasteiger partial charge in [0.2, 0.25) is 5.91 Å². The van der Waals surface area contributed by atoms with Crippen LogP contribution in [0.15, 0.2) is 0 Å². The average molecular weight is 274 g/mol. The predicted molar refractivity (Wildman–Crippen MR) is 72.8 cm³/mol. The van der Waals surface area contributed by atoms with E-state index in [1.165, 1.54) is 0 Å². The highest BCUT2D eigenvalue weighted by atomic mass is 32.2. The first kappa shape index (κ1) is 15.3. The number of hydrogen-bond donors (Lipinski definition) is 3. The lowest BCUT2D eigenvalue weighted by molar-refractivity contribution is -0.145. The lowest BCUT2D eigenvalue weighted by Gasteiger charge is -2.29. The van der Waals surface area contributed by atoms with Gasteiger partial charge < -0.3 is 15.7 Å². The summed E-state index contributed by atoms with van der Waals surface area (Å²) in [6, 6.07) is -0.695. The second-order valence-corrected chi connectivity index (χ2v) is 6.78. The van der Waals surface area contributed by atoms with Crippen molar-refractivity contribution >= 4 is 23.6 Å². The van der Waals surface area contributed by atoms with Gasteiger partial charge in [0.15, 0.2) is 0 Å². The van der Waals surface area contributed by atoms with Gasteiger partial charge in [-0.05, 0) is 5.41 Å². The summed E-state index contributed by atoms with van der Waals surface area (Å²) in [5.41, 5.74) is -0.490. The number of hydrogen-bond acceptors (Lipinski definition) is 4. The Morgan fingerprint density at radius 2 is 2.17 bits per heavy atom. The molecule has 1 amide bonds. The third kappa shape index (κ3) is 4.86. The average Bonchev–Trinajstić information content (AvgIpc) is 2.25. The largest absolute Gasteiger partial charge is 0.480 e. The highest BCUT2D eigenvalue weighted by Gasteiger charge is 2.33. The molecule has 5 nitrogen and oxygen atoms in total. The standard InChI is InChI=1S/C12H22N2O3S/c1-12(2,3)10(11(16)17)14-9(15)6-8-7-18-5-4-13-8/h8,10,13H,4-7H2,1-3H3,(H,14,15)(H,16,17)/t8?,10-/m0/s1. The molecule has 0 spiro atoms. The molecule has 104 valence electrons. The maximum Gasteiger partial charge on any atom is 0.326 e. The van der Waals surface area contributed by atoms with E-state index in [0.29, 0.717) is 6.42 Å². The van der Waals surface area contributed by atoms with Crippen LogP contribution < -0.4 is 10.6 Å². The number of amides is 1. The van der Waals surface area contributed by atoms with Gasteiger partial charge >= 0.3 is 5.97 Å². The molecule has 3 N–H and O–H groups in total. The van der Waals surface area contributed by atoms with Crippen molar-refractivity contribution in [2.45, 2.75) is 39.3 Å². The number of carboxylic acid groups (broad SMARTS) is 1. The van der Waals surface area contributed by atoms with Crippen LogP contribution >= 0.6 is 11.8 Å². The maximum absolute atomic E-state index is 11.8. The summed E-state index contributed by atoms with van der Waals surface area (Å²) >= 11 is 1.82. The Morgan fingerprint density at radius 1 is 1.50 bits per heavy atom. The van der Waals surface area contributed by atoms with Crippen molar-refractivity contribution in [1.82, 2.24) is 10.6 Å². The van der Waals surface area contributed by atoms with Gasteiger partial charge in [-0.3, -0.25) is 4.79 Å². The highest BCUT2D eigenvalue weighted by Crippen LogP contribution is 2.20. The fourth-order valence-corrected chi connectivity index (χ4v) is 2.79. The molecule has 1 rings (SSSR count). The lowest BCUT2D eigenvalue weighted by atomic mass is 9.86. The van der Waals surface area contributed by atoms with Gasteiger partial charge in [-0.25, -0.2) is 4.79 Å². The zero-order chi connectivity index (χ0) is 13.8. The van der Waals surface area contributed by atoms with Gasteiger partial charge in [-0.1, -0.05) is 20.8 Å². The summed E-state index contributed by atoms with van der Waals surface area (Å²) in [5, 5.41) is 15.0. The first-order chi connectivity index (χ1) is 8.30. The molecule has 6 heteroatoms. The van der Waals surface area contributed by atoms with E-state index < -0.39 is 17.4 Å². The van der Waals surface area contributed by atoms with E-state index in [1.54, 1.807) is 20.8 Å². The smallest absolute Gasteiger partial charge is 0.326 e. The summed E-state index contributed by atoms with van der Waals surface area (Å²) in [7, 11) is 0. The Bertz CT molecular complexity index is 309. The number of carbonyl (C=O) groups excluding carboxylic acids is 1. The fourth-order valence-electron chi connectivity index (χ4n) is 1.84. The molecule has 1 aliphatic rings. The molecule has 0 saturated carbocycles. The summed E-state index contributed by atoms with van der Waals surface area (Å²) in [6.45, 7) is 6.33. The van der Waals surface area contributed by atoms with Gasteiger partial charge in [0, 0.05) is 30.5 Å². The molecule has 0 radical (unpaired) electrons. The zero-order valence-corrected chi connectivity index (χ0v) is 12.0. The third-order valence-corrected chi connectivity index (χ3v) is 3.98. The van der Waals surface area contributed by atoms with E-state index in [2.05, 4.69) is 10.6 Å². The Morgan fingerprint density at radius 3 is 2.61 bits per heavy atom. The Balaban J connectivity index is 2.48. The third-order valence-electron chi connectivity index (χ3n) is 2.85. The van der Waals surface area contributed by atoms with Crippen LogP contribution in [0.3, 0.4) is 0 Å². The van der Waals surface area contributed by atoms with Crippen LogP contribution in [0, 0.1) is 5.41 Å². The van der Waals surface area contributed by atoms with Crippen molar-refractivity contribution in [3.05, 3.63) is 0 Å². The minimum absolute atomic E-state index is 0.151. The number of carbonyl (C=O) groups is 2. The fraction of sp³-hybridized carbons (Fsp3) is 0.833. The molecule has 0 aromatic carbocycles. The lowest BCUT2D eigenvalue weighted by Crippen LogP contribution is -2.51. The van der Waals surface area contributed by atoms with Crippen molar-refractivity contribution in [1.29, 1.82) is 0 Å². The van der Waals surface area contributed by atoms with Gasteiger partial charge in [-0.15, -0.1) is 0 Å². The zero-order valence-electron chi connectivity index (χ0n) is 11.2. The first-order valence-electron chi connectivity index (χ1n) is 6.14. The minimum atomic E-state index is -0.984.